The summed E-state index contributed by atoms with van der Waals surface area (Å²) in [4.78, 5) is 12.2. The monoisotopic (exact) mass is 282 g/mol. The van der Waals surface area contributed by atoms with Crippen molar-refractivity contribution in [2.45, 2.75) is 33.2 Å². The second-order valence-electron chi connectivity index (χ2n) is 5.35. The normalized spacial score (nSPS) is 14.2. The first kappa shape index (κ1) is 16.0. The zero-order valence-corrected chi connectivity index (χ0v) is 12.6. The van der Waals surface area contributed by atoms with Crippen molar-refractivity contribution in [3.05, 3.63) is 34.9 Å². The molecule has 1 amide bonds. The van der Waals surface area contributed by atoms with Crippen molar-refractivity contribution in [3.63, 3.8) is 0 Å². The third-order valence-corrected chi connectivity index (χ3v) is 3.35. The summed E-state index contributed by atoms with van der Waals surface area (Å²) in [6, 6.07) is 7.46. The Labute approximate surface area is 120 Å². The van der Waals surface area contributed by atoms with Crippen LogP contribution in [0.3, 0.4) is 0 Å². The van der Waals surface area contributed by atoms with Gasteiger partial charge in [-0.3, -0.25) is 4.79 Å². The molecule has 1 rings (SSSR count). The maximum absolute atomic E-state index is 12.2. The molecule has 0 aliphatic heterocycles. The number of amides is 1. The average Bonchev–Trinajstić information content (AvgIpc) is 2.35. The largest absolute Gasteiger partial charge is 0.349 e. The molecule has 1 unspecified atom stereocenters. The molecule has 0 saturated carbocycles. The maximum atomic E-state index is 12.2. The maximum Gasteiger partial charge on any atom is 0.224 e. The van der Waals surface area contributed by atoms with E-state index < -0.39 is 0 Å². The fourth-order valence-corrected chi connectivity index (χ4v) is 2.27. The molecule has 0 saturated heterocycles. The Hall–Kier alpha value is -1.06. The van der Waals surface area contributed by atoms with E-state index in [2.05, 4.69) is 19.2 Å². The second kappa shape index (κ2) is 7.51. The van der Waals surface area contributed by atoms with Crippen LogP contribution in [0.2, 0.25) is 5.02 Å². The molecule has 0 bridgehead atoms. The van der Waals surface area contributed by atoms with E-state index in [1.807, 2.05) is 31.2 Å². The van der Waals surface area contributed by atoms with Gasteiger partial charge in [0.25, 0.3) is 0 Å². The van der Waals surface area contributed by atoms with Crippen LogP contribution in [-0.4, -0.2) is 12.5 Å². The van der Waals surface area contributed by atoms with Gasteiger partial charge in [0.15, 0.2) is 0 Å². The van der Waals surface area contributed by atoms with Crippen molar-refractivity contribution in [2.75, 3.05) is 6.54 Å². The van der Waals surface area contributed by atoms with E-state index in [1.54, 1.807) is 0 Å². The lowest BCUT2D eigenvalue weighted by Crippen LogP contribution is -2.37. The summed E-state index contributed by atoms with van der Waals surface area (Å²) < 4.78 is 0. The van der Waals surface area contributed by atoms with Crippen LogP contribution in [0.15, 0.2) is 24.3 Å². The molecule has 0 fully saturated rings. The SMILES string of the molecule is CC(C)CC(CN)C(=O)N[C@H](C)c1cccc(Cl)c1. The Morgan fingerprint density at radius 3 is 2.58 bits per heavy atom. The number of nitrogens with one attached hydrogen (secondary N) is 1. The molecule has 3 N–H and O–H groups in total. The molecule has 0 aromatic heterocycles. The molecule has 0 aliphatic carbocycles. The van der Waals surface area contributed by atoms with Gasteiger partial charge in [-0.05, 0) is 37.0 Å². The molecular formula is C15H23ClN2O. The van der Waals surface area contributed by atoms with Crippen LogP contribution in [0.4, 0.5) is 0 Å². The Kier molecular flexibility index (Phi) is 6.32. The van der Waals surface area contributed by atoms with Gasteiger partial charge in [-0.1, -0.05) is 37.6 Å². The van der Waals surface area contributed by atoms with Gasteiger partial charge in [0.05, 0.1) is 12.0 Å². The van der Waals surface area contributed by atoms with Gasteiger partial charge in [-0.15, -0.1) is 0 Å². The van der Waals surface area contributed by atoms with Crippen LogP contribution in [0.25, 0.3) is 0 Å². The van der Waals surface area contributed by atoms with Gasteiger partial charge in [0.2, 0.25) is 5.91 Å². The van der Waals surface area contributed by atoms with Gasteiger partial charge in [-0.25, -0.2) is 0 Å². The third-order valence-electron chi connectivity index (χ3n) is 3.12. The van der Waals surface area contributed by atoms with Gasteiger partial charge in [0, 0.05) is 11.6 Å². The minimum Gasteiger partial charge on any atom is -0.349 e. The summed E-state index contributed by atoms with van der Waals surface area (Å²) in [6.07, 6.45) is 0.810. The van der Waals surface area contributed by atoms with Crippen LogP contribution < -0.4 is 11.1 Å². The zero-order valence-electron chi connectivity index (χ0n) is 11.8. The quantitative estimate of drug-likeness (QED) is 0.842. The first-order chi connectivity index (χ1) is 8.93. The predicted octanol–water partition coefficient (Wildman–Crippen LogP) is 3.14. The van der Waals surface area contributed by atoms with Crippen molar-refractivity contribution in [1.82, 2.24) is 5.32 Å². The lowest BCUT2D eigenvalue weighted by atomic mass is 9.96. The summed E-state index contributed by atoms with van der Waals surface area (Å²) in [6.45, 7) is 6.52. The van der Waals surface area contributed by atoms with E-state index in [4.69, 9.17) is 17.3 Å². The lowest BCUT2D eigenvalue weighted by Gasteiger charge is -2.20. The first-order valence-electron chi connectivity index (χ1n) is 6.70. The molecule has 106 valence electrons. The molecule has 4 heteroatoms. The van der Waals surface area contributed by atoms with Crippen molar-refractivity contribution in [3.8, 4) is 0 Å². The summed E-state index contributed by atoms with van der Waals surface area (Å²) >= 11 is 5.95. The number of hydrogen-bond acceptors (Lipinski definition) is 2. The van der Waals surface area contributed by atoms with E-state index in [1.165, 1.54) is 0 Å². The van der Waals surface area contributed by atoms with Crippen molar-refractivity contribution >= 4 is 17.5 Å². The second-order valence-corrected chi connectivity index (χ2v) is 5.78. The lowest BCUT2D eigenvalue weighted by molar-refractivity contribution is -0.125. The minimum atomic E-state index is -0.123. The van der Waals surface area contributed by atoms with Gasteiger partial charge in [-0.2, -0.15) is 0 Å². The highest BCUT2D eigenvalue weighted by atomic mass is 35.5. The van der Waals surface area contributed by atoms with E-state index >= 15 is 0 Å². The molecule has 1 aromatic rings. The predicted molar refractivity (Wildman–Crippen MR) is 80.0 cm³/mol. The zero-order chi connectivity index (χ0) is 14.4. The van der Waals surface area contributed by atoms with Crippen LogP contribution in [-0.2, 0) is 4.79 Å². The summed E-state index contributed by atoms with van der Waals surface area (Å²) in [5.41, 5.74) is 6.68. The van der Waals surface area contributed by atoms with E-state index in [-0.39, 0.29) is 17.9 Å². The molecular weight excluding hydrogens is 260 g/mol. The molecule has 0 spiro atoms. The Morgan fingerprint density at radius 2 is 2.05 bits per heavy atom. The Morgan fingerprint density at radius 1 is 1.37 bits per heavy atom. The van der Waals surface area contributed by atoms with Crippen molar-refractivity contribution in [2.24, 2.45) is 17.6 Å². The van der Waals surface area contributed by atoms with Crippen LogP contribution in [0, 0.1) is 11.8 Å². The number of rotatable bonds is 6. The van der Waals surface area contributed by atoms with E-state index in [0.29, 0.717) is 17.5 Å². The average molecular weight is 283 g/mol. The van der Waals surface area contributed by atoms with E-state index in [9.17, 15) is 4.79 Å². The van der Waals surface area contributed by atoms with E-state index in [0.717, 1.165) is 12.0 Å². The van der Waals surface area contributed by atoms with Crippen molar-refractivity contribution < 1.29 is 4.79 Å². The highest BCUT2D eigenvalue weighted by Crippen LogP contribution is 2.18. The van der Waals surface area contributed by atoms with Gasteiger partial charge >= 0.3 is 0 Å². The van der Waals surface area contributed by atoms with Gasteiger partial charge < -0.3 is 11.1 Å². The summed E-state index contributed by atoms with van der Waals surface area (Å²) in [5, 5.41) is 3.68. The molecule has 0 radical (unpaired) electrons. The fraction of sp³-hybridized carbons (Fsp3) is 0.533. The number of carbonyl (C=O) groups is 1. The molecule has 2 atom stereocenters. The number of carbonyl (C=O) groups excluding carboxylic acids is 1. The highest BCUT2D eigenvalue weighted by Gasteiger charge is 2.20. The first-order valence-corrected chi connectivity index (χ1v) is 7.07. The van der Waals surface area contributed by atoms with Crippen LogP contribution in [0.1, 0.15) is 38.8 Å². The minimum absolute atomic E-state index is 0.0173. The summed E-state index contributed by atoms with van der Waals surface area (Å²) in [5.74, 6) is 0.353. The number of nitrogens with two attached hydrogens (primary N) is 1. The van der Waals surface area contributed by atoms with Crippen LogP contribution in [0.5, 0.6) is 0 Å². The third kappa shape index (κ3) is 5.21. The molecule has 19 heavy (non-hydrogen) atoms. The Bertz CT molecular complexity index is 420. The van der Waals surface area contributed by atoms with Crippen molar-refractivity contribution in [1.29, 1.82) is 0 Å². The standard InChI is InChI=1S/C15H23ClN2O/c1-10(2)7-13(9-17)15(19)18-11(3)12-5-4-6-14(16)8-12/h4-6,8,10-11,13H,7,9,17H2,1-3H3,(H,18,19)/t11-,13?/m1/s1. The molecule has 3 nitrogen and oxygen atoms in total. The van der Waals surface area contributed by atoms with Gasteiger partial charge in [0.1, 0.15) is 0 Å². The highest BCUT2D eigenvalue weighted by molar-refractivity contribution is 6.30. The molecule has 0 aliphatic rings. The number of hydrogen-bond donors (Lipinski definition) is 2. The van der Waals surface area contributed by atoms with Crippen LogP contribution >= 0.6 is 11.6 Å². The number of benzene rings is 1. The molecule has 0 heterocycles. The molecule has 1 aromatic carbocycles. The number of halogens is 1. The summed E-state index contributed by atoms with van der Waals surface area (Å²) in [7, 11) is 0. The fourth-order valence-electron chi connectivity index (χ4n) is 2.07. The smallest absolute Gasteiger partial charge is 0.224 e. The Balaban J connectivity index is 2.65. The topological polar surface area (TPSA) is 55.1 Å².